The molecule has 11 heavy (non-hydrogen) atoms. The number of rotatable bonds is 1. The molecule has 2 nitrogen and oxygen atoms in total. The molecule has 0 spiro atoms. The summed E-state index contributed by atoms with van der Waals surface area (Å²) in [6.07, 6.45) is 0. The Labute approximate surface area is 69.7 Å². The maximum absolute atomic E-state index is 10.4. The van der Waals surface area contributed by atoms with Crippen LogP contribution in [0.4, 0.5) is 0 Å². The van der Waals surface area contributed by atoms with Gasteiger partial charge in [-0.15, -0.1) is 0 Å². The van der Waals surface area contributed by atoms with Gasteiger partial charge in [0.15, 0.2) is 0 Å². The molecule has 0 aromatic heterocycles. The number of halogens is 1. The van der Waals surface area contributed by atoms with Gasteiger partial charge in [0, 0.05) is 13.0 Å². The second kappa shape index (κ2) is 3.39. The maximum Gasteiger partial charge on any atom is 0.308 e. The van der Waals surface area contributed by atoms with Crippen molar-refractivity contribution in [3.8, 4) is 5.75 Å². The summed E-state index contributed by atoms with van der Waals surface area (Å²) in [5.41, 5.74) is 0. The van der Waals surface area contributed by atoms with E-state index >= 15 is 0 Å². The third-order valence-electron chi connectivity index (χ3n) is 0.986. The lowest BCUT2D eigenvalue weighted by atomic mass is 10.3. The summed E-state index contributed by atoms with van der Waals surface area (Å²) in [5.74, 6) is -0.0199. The topological polar surface area (TPSA) is 26.3 Å². The Kier molecular flexibility index (Phi) is 2.49. The number of carbonyl (C=O) groups is 1. The van der Waals surface area contributed by atoms with Gasteiger partial charge in [0.2, 0.25) is 0 Å². The van der Waals surface area contributed by atoms with Crippen LogP contribution in [0.3, 0.4) is 0 Å². The molecule has 0 unspecified atom stereocenters. The van der Waals surface area contributed by atoms with Crippen molar-refractivity contribution in [3.63, 3.8) is 0 Å². The van der Waals surface area contributed by atoms with Gasteiger partial charge in [-0.3, -0.25) is 4.79 Å². The van der Waals surface area contributed by atoms with Gasteiger partial charge in [0.1, 0.15) is 5.75 Å². The van der Waals surface area contributed by atoms with Crippen molar-refractivity contribution in [2.24, 2.45) is 0 Å². The first-order valence-electron chi connectivity index (χ1n) is 3.05. The molecule has 1 rings (SSSR count). The van der Waals surface area contributed by atoms with Gasteiger partial charge in [-0.1, -0.05) is 17.7 Å². The zero-order chi connectivity index (χ0) is 8.27. The van der Waals surface area contributed by atoms with Crippen LogP contribution in [0.1, 0.15) is 6.92 Å². The first-order chi connectivity index (χ1) is 5.18. The van der Waals surface area contributed by atoms with Gasteiger partial charge in [-0.05, 0) is 12.1 Å². The van der Waals surface area contributed by atoms with Crippen molar-refractivity contribution in [2.75, 3.05) is 0 Å². The average Bonchev–Trinajstić information content (AvgIpc) is 1.85. The van der Waals surface area contributed by atoms with Crippen molar-refractivity contribution in [2.45, 2.75) is 6.92 Å². The summed E-state index contributed by atoms with van der Waals surface area (Å²) in [7, 11) is 0. The molecule has 1 radical (unpaired) electrons. The highest BCUT2D eigenvalue weighted by Crippen LogP contribution is 2.15. The van der Waals surface area contributed by atoms with Crippen molar-refractivity contribution < 1.29 is 9.53 Å². The fraction of sp³-hybridized carbons (Fsp3) is 0.125. The van der Waals surface area contributed by atoms with E-state index in [9.17, 15) is 4.79 Å². The molecule has 0 amide bonds. The highest BCUT2D eigenvalue weighted by atomic mass is 35.5. The molecule has 1 aromatic rings. The summed E-state index contributed by atoms with van der Waals surface area (Å²) in [4.78, 5) is 10.4. The van der Waals surface area contributed by atoms with Crippen LogP contribution in [-0.2, 0) is 4.79 Å². The molecule has 0 saturated heterocycles. The van der Waals surface area contributed by atoms with Gasteiger partial charge in [-0.25, -0.2) is 0 Å². The van der Waals surface area contributed by atoms with Gasteiger partial charge < -0.3 is 4.74 Å². The smallest absolute Gasteiger partial charge is 0.308 e. The number of hydrogen-bond acceptors (Lipinski definition) is 2. The monoisotopic (exact) mass is 169 g/mol. The lowest BCUT2D eigenvalue weighted by Crippen LogP contribution is -2.00. The van der Waals surface area contributed by atoms with E-state index in [-0.39, 0.29) is 5.97 Å². The van der Waals surface area contributed by atoms with Crippen LogP contribution in [0, 0.1) is 6.07 Å². The van der Waals surface area contributed by atoms with Crippen molar-refractivity contribution >= 4 is 17.6 Å². The second-order valence-electron chi connectivity index (χ2n) is 1.96. The molecule has 57 valence electrons. The third kappa shape index (κ3) is 2.60. The molecule has 0 N–H and O–H groups in total. The summed E-state index contributed by atoms with van der Waals surface area (Å²) in [5, 5.41) is 0.434. The van der Waals surface area contributed by atoms with E-state index in [1.807, 2.05) is 0 Å². The first-order valence-corrected chi connectivity index (χ1v) is 3.42. The number of carbonyl (C=O) groups excluding carboxylic acids is 1. The fourth-order valence-electron chi connectivity index (χ4n) is 0.635. The van der Waals surface area contributed by atoms with E-state index in [1.54, 1.807) is 18.2 Å². The molecule has 0 aliphatic carbocycles. The molecule has 1 aromatic carbocycles. The summed E-state index contributed by atoms with van der Waals surface area (Å²) in [6.45, 7) is 1.33. The molecule has 0 bridgehead atoms. The lowest BCUT2D eigenvalue weighted by Gasteiger charge is -1.98. The predicted molar refractivity (Wildman–Crippen MR) is 41.6 cm³/mol. The number of benzene rings is 1. The maximum atomic E-state index is 10.4. The summed E-state index contributed by atoms with van der Waals surface area (Å²) < 4.78 is 4.72. The van der Waals surface area contributed by atoms with E-state index in [4.69, 9.17) is 16.3 Å². The average molecular weight is 170 g/mol. The Balaban J connectivity index is 2.79. The molecule has 0 saturated carbocycles. The van der Waals surface area contributed by atoms with Gasteiger partial charge in [0.25, 0.3) is 0 Å². The van der Waals surface area contributed by atoms with Crippen LogP contribution < -0.4 is 4.74 Å². The van der Waals surface area contributed by atoms with Crippen LogP contribution in [0.5, 0.6) is 5.75 Å². The Hall–Kier alpha value is -1.02. The van der Waals surface area contributed by atoms with Gasteiger partial charge in [0.05, 0.1) is 5.02 Å². The zero-order valence-corrected chi connectivity index (χ0v) is 6.68. The molecule has 0 aliphatic rings. The number of ether oxygens (including phenoxy) is 1. The van der Waals surface area contributed by atoms with Gasteiger partial charge >= 0.3 is 5.97 Å². The van der Waals surface area contributed by atoms with Crippen LogP contribution in [0.25, 0.3) is 0 Å². The quantitative estimate of drug-likeness (QED) is 0.475. The molecule has 0 atom stereocenters. The van der Waals surface area contributed by atoms with Crippen molar-refractivity contribution in [3.05, 3.63) is 29.3 Å². The van der Waals surface area contributed by atoms with E-state index < -0.39 is 0 Å². The van der Waals surface area contributed by atoms with E-state index in [1.165, 1.54) is 6.92 Å². The summed E-state index contributed by atoms with van der Waals surface area (Å²) >= 11 is 5.58. The molecule has 0 aliphatic heterocycles. The largest absolute Gasteiger partial charge is 0.426 e. The predicted octanol–water partition coefficient (Wildman–Crippen LogP) is 2.07. The van der Waals surface area contributed by atoms with Crippen LogP contribution in [-0.4, -0.2) is 5.97 Å². The van der Waals surface area contributed by atoms with Gasteiger partial charge in [-0.2, -0.15) is 0 Å². The van der Waals surface area contributed by atoms with Crippen LogP contribution in [0.15, 0.2) is 18.2 Å². The van der Waals surface area contributed by atoms with E-state index in [0.29, 0.717) is 10.8 Å². The van der Waals surface area contributed by atoms with Crippen LogP contribution >= 0.6 is 11.6 Å². The highest BCUT2D eigenvalue weighted by Gasteiger charge is 1.97. The number of hydrogen-bond donors (Lipinski definition) is 0. The Morgan fingerprint density at radius 2 is 2.36 bits per heavy atom. The molecule has 0 heterocycles. The molecular weight excluding hydrogens is 164 g/mol. The van der Waals surface area contributed by atoms with Crippen molar-refractivity contribution in [1.29, 1.82) is 0 Å². The van der Waals surface area contributed by atoms with E-state index in [2.05, 4.69) is 6.07 Å². The number of esters is 1. The summed E-state index contributed by atoms with van der Waals surface area (Å²) in [6, 6.07) is 7.63. The molecule has 0 fully saturated rings. The minimum atomic E-state index is -0.372. The third-order valence-corrected chi connectivity index (χ3v) is 1.21. The Bertz CT molecular complexity index is 271. The zero-order valence-electron chi connectivity index (χ0n) is 5.93. The Morgan fingerprint density at radius 1 is 1.64 bits per heavy atom. The molecule has 3 heteroatoms. The van der Waals surface area contributed by atoms with Crippen molar-refractivity contribution in [1.82, 2.24) is 0 Å². The Morgan fingerprint density at radius 3 is 2.91 bits per heavy atom. The minimum absolute atomic E-state index is 0.352. The van der Waals surface area contributed by atoms with E-state index in [0.717, 1.165) is 0 Å². The second-order valence-corrected chi connectivity index (χ2v) is 2.36. The van der Waals surface area contributed by atoms with Crippen LogP contribution in [0.2, 0.25) is 5.02 Å². The normalized spacial score (nSPS) is 9.27. The fourth-order valence-corrected chi connectivity index (χ4v) is 0.801. The SMILES string of the molecule is CC(=O)Oc1[c]c(Cl)ccc1. The lowest BCUT2D eigenvalue weighted by molar-refractivity contribution is -0.131. The first kappa shape index (κ1) is 8.08. The highest BCUT2D eigenvalue weighted by molar-refractivity contribution is 6.30. The minimum Gasteiger partial charge on any atom is -0.426 e. The standard InChI is InChI=1S/C8H6ClO2/c1-6(10)11-8-4-2-3-7(9)5-8/h2-4H,1H3. The molecular formula is C8H6ClO2.